The van der Waals surface area contributed by atoms with Gasteiger partial charge in [-0.2, -0.15) is 0 Å². The fraction of sp³-hybridized carbons (Fsp3) is 0.261. The maximum atomic E-state index is 5.02. The van der Waals surface area contributed by atoms with Crippen molar-refractivity contribution in [2.75, 3.05) is 0 Å². The summed E-state index contributed by atoms with van der Waals surface area (Å²) in [4.78, 5) is 7.72. The van der Waals surface area contributed by atoms with Crippen LogP contribution in [0.3, 0.4) is 0 Å². The van der Waals surface area contributed by atoms with Crippen molar-refractivity contribution in [3.05, 3.63) is 58.5 Å². The van der Waals surface area contributed by atoms with Crippen molar-refractivity contribution in [3.63, 3.8) is 0 Å². The first-order valence-electron chi connectivity index (χ1n) is 9.31. The van der Waals surface area contributed by atoms with Crippen LogP contribution in [0.5, 0.6) is 0 Å². The Balaban J connectivity index is 0.00000180. The molecule has 0 atom stereocenters. The van der Waals surface area contributed by atoms with Crippen molar-refractivity contribution < 1.29 is 20.1 Å². The summed E-state index contributed by atoms with van der Waals surface area (Å²) in [6, 6.07) is 16.6. The number of pyridine rings is 1. The van der Waals surface area contributed by atoms with Gasteiger partial charge in [-0.05, 0) is 55.3 Å². The molecular weight excluding hydrogens is 529 g/mol. The smallest absolute Gasteiger partial charge is 0.118 e. The molecule has 0 aliphatic rings. The van der Waals surface area contributed by atoms with E-state index in [1.54, 1.807) is 0 Å². The number of fused-ring (bicyclic) bond motifs is 8. The van der Waals surface area contributed by atoms with Crippen LogP contribution < -0.4 is 0 Å². The largest absolute Gasteiger partial charge is 0.325 e. The fourth-order valence-corrected chi connectivity index (χ4v) is 4.98. The molecule has 1 radical (unpaired) electrons. The van der Waals surface area contributed by atoms with Crippen LogP contribution in [0.2, 0.25) is 0 Å². The number of unbranched alkanes of at least 4 members (excludes halogenated alkanes) is 1. The molecule has 3 heterocycles. The Morgan fingerprint density at radius 3 is 2.74 bits per heavy atom. The second-order valence-corrected chi connectivity index (χ2v) is 8.31. The summed E-state index contributed by atoms with van der Waals surface area (Å²) < 4.78 is 2.36. The fourth-order valence-electron chi connectivity index (χ4n) is 3.83. The molecule has 0 saturated heterocycles. The molecule has 0 spiro atoms. The molecule has 2 nitrogen and oxygen atoms in total. The number of imidazole rings is 1. The van der Waals surface area contributed by atoms with E-state index in [1.807, 2.05) is 17.4 Å². The van der Waals surface area contributed by atoms with Crippen molar-refractivity contribution in [2.24, 2.45) is 0 Å². The monoisotopic (exact) mass is 550 g/mol. The topological polar surface area (TPSA) is 17.3 Å². The summed E-state index contributed by atoms with van der Waals surface area (Å²) >= 11 is 1.89. The molecule has 0 aliphatic heterocycles. The van der Waals surface area contributed by atoms with Gasteiger partial charge in [0.2, 0.25) is 0 Å². The van der Waals surface area contributed by atoms with Crippen LogP contribution in [-0.2, 0) is 26.5 Å². The van der Waals surface area contributed by atoms with Crippen LogP contribution in [-0.4, -0.2) is 9.38 Å². The molecule has 139 valence electrons. The van der Waals surface area contributed by atoms with E-state index in [0.29, 0.717) is 0 Å². The normalized spacial score (nSPS) is 11.7. The predicted molar refractivity (Wildman–Crippen MR) is 113 cm³/mol. The zero-order valence-corrected chi connectivity index (χ0v) is 18.9. The van der Waals surface area contributed by atoms with Crippen molar-refractivity contribution in [3.8, 4) is 0 Å². The molecule has 5 rings (SSSR count). The Bertz CT molecular complexity index is 1300. The minimum Gasteiger partial charge on any atom is -0.325 e. The summed E-state index contributed by atoms with van der Waals surface area (Å²) in [5, 5.41) is 3.64. The Kier molecular flexibility index (Phi) is 4.84. The zero-order chi connectivity index (χ0) is 17.8. The van der Waals surface area contributed by atoms with Gasteiger partial charge < -0.3 is 4.40 Å². The first kappa shape index (κ1) is 18.6. The number of hydrogen-bond acceptors (Lipinski definition) is 2. The first-order chi connectivity index (χ1) is 12.7. The Labute approximate surface area is 176 Å². The quantitative estimate of drug-likeness (QED) is 0.183. The molecule has 2 aromatic carbocycles. The van der Waals surface area contributed by atoms with Crippen LogP contribution in [0.15, 0.2) is 36.4 Å². The van der Waals surface area contributed by atoms with E-state index in [0.717, 1.165) is 23.0 Å². The summed E-state index contributed by atoms with van der Waals surface area (Å²) in [5.74, 6) is 0. The minimum atomic E-state index is 0. The number of hydrogen-bond donors (Lipinski definition) is 0. The van der Waals surface area contributed by atoms with Crippen molar-refractivity contribution in [1.29, 1.82) is 0 Å². The average Bonchev–Trinajstić information content (AvgIpc) is 3.19. The summed E-state index contributed by atoms with van der Waals surface area (Å²) in [6.45, 7) is 6.63. The third kappa shape index (κ3) is 2.82. The van der Waals surface area contributed by atoms with Gasteiger partial charge >= 0.3 is 0 Å². The van der Waals surface area contributed by atoms with Gasteiger partial charge in [0.25, 0.3) is 0 Å². The summed E-state index contributed by atoms with van der Waals surface area (Å²) in [6.07, 6.45) is 3.61. The van der Waals surface area contributed by atoms with Crippen LogP contribution in [0.25, 0.3) is 37.7 Å². The van der Waals surface area contributed by atoms with Gasteiger partial charge in [-0.15, -0.1) is 41.0 Å². The van der Waals surface area contributed by atoms with Crippen LogP contribution in [0, 0.1) is 19.9 Å². The van der Waals surface area contributed by atoms with Crippen LogP contribution in [0.4, 0.5) is 0 Å². The third-order valence-corrected chi connectivity index (χ3v) is 6.55. The second kappa shape index (κ2) is 7.01. The van der Waals surface area contributed by atoms with E-state index >= 15 is 0 Å². The van der Waals surface area contributed by atoms with Gasteiger partial charge in [0.1, 0.15) is 4.83 Å². The maximum absolute atomic E-state index is 5.02. The van der Waals surface area contributed by atoms with E-state index < -0.39 is 0 Å². The van der Waals surface area contributed by atoms with Gasteiger partial charge in [-0.25, -0.2) is 0 Å². The van der Waals surface area contributed by atoms with Gasteiger partial charge in [-0.1, -0.05) is 24.8 Å². The Hall–Kier alpha value is -1.74. The number of benzene rings is 2. The first-order valence-corrected chi connectivity index (χ1v) is 10.1. The number of thiophene rings is 1. The summed E-state index contributed by atoms with van der Waals surface area (Å²) in [5.41, 5.74) is 6.04. The third-order valence-electron chi connectivity index (χ3n) is 5.39. The predicted octanol–water partition coefficient (Wildman–Crippen LogP) is 6.61. The van der Waals surface area contributed by atoms with Crippen molar-refractivity contribution in [2.45, 2.75) is 40.0 Å². The molecule has 0 unspecified atom stereocenters. The SMILES string of the molecule is CCCCc1cc2nc3c4[c-]cccc4c4cc(C)c(C)cc4n3c2s1.[Ir]. The van der Waals surface area contributed by atoms with E-state index in [9.17, 15) is 0 Å². The van der Waals surface area contributed by atoms with Gasteiger partial charge in [0.15, 0.2) is 0 Å². The van der Waals surface area contributed by atoms with Crippen LogP contribution >= 0.6 is 11.3 Å². The Morgan fingerprint density at radius 2 is 1.93 bits per heavy atom. The maximum Gasteiger partial charge on any atom is 0.118 e. The number of nitrogens with zero attached hydrogens (tertiary/aromatic N) is 2. The van der Waals surface area contributed by atoms with E-state index in [4.69, 9.17) is 4.98 Å². The van der Waals surface area contributed by atoms with Gasteiger partial charge in [0, 0.05) is 30.5 Å². The van der Waals surface area contributed by atoms with E-state index in [1.165, 1.54) is 50.0 Å². The molecule has 5 aromatic rings. The molecular formula is C23H21IrN2S-. The second-order valence-electron chi connectivity index (χ2n) is 7.19. The molecule has 3 aromatic heterocycles. The van der Waals surface area contributed by atoms with Crippen molar-refractivity contribution in [1.82, 2.24) is 9.38 Å². The van der Waals surface area contributed by atoms with Crippen molar-refractivity contribution >= 4 is 49.0 Å². The molecule has 0 saturated carbocycles. The van der Waals surface area contributed by atoms with Crippen LogP contribution in [0.1, 0.15) is 35.8 Å². The van der Waals surface area contributed by atoms with E-state index in [-0.39, 0.29) is 20.1 Å². The van der Waals surface area contributed by atoms with Gasteiger partial charge in [0.05, 0.1) is 11.2 Å². The summed E-state index contributed by atoms with van der Waals surface area (Å²) in [7, 11) is 0. The number of aryl methyl sites for hydroxylation is 3. The standard InChI is InChI=1S/C23H21N2S.Ir/c1-4-5-8-16-13-20-23(26-16)25-21-12-15(3)14(2)11-19(21)17-9-6-7-10-18(17)22(25)24-20;/h6-7,9,11-13H,4-5,8H2,1-3H3;/q-1;. The number of aromatic nitrogens is 2. The molecule has 27 heavy (non-hydrogen) atoms. The zero-order valence-electron chi connectivity index (χ0n) is 15.7. The number of rotatable bonds is 3. The molecule has 0 aliphatic carbocycles. The minimum absolute atomic E-state index is 0. The van der Waals surface area contributed by atoms with E-state index in [2.05, 4.69) is 61.6 Å². The Morgan fingerprint density at radius 1 is 1.11 bits per heavy atom. The molecule has 0 bridgehead atoms. The molecule has 0 fully saturated rings. The molecule has 0 N–H and O–H groups in total. The molecule has 0 amide bonds. The average molecular weight is 550 g/mol. The van der Waals surface area contributed by atoms with Gasteiger partial charge in [-0.3, -0.25) is 4.98 Å². The molecule has 4 heteroatoms.